The van der Waals surface area contributed by atoms with Gasteiger partial charge in [0.1, 0.15) is 49.5 Å². The average molecular weight is 1830 g/mol. The number of methoxy groups -OCH3 is 2. The summed E-state index contributed by atoms with van der Waals surface area (Å²) < 4.78 is 40.2. The molecule has 0 spiro atoms. The molecule has 4 aliphatic rings. The summed E-state index contributed by atoms with van der Waals surface area (Å²) >= 11 is 0.750. The van der Waals surface area contributed by atoms with Crippen LogP contribution < -0.4 is 24.3 Å². The Labute approximate surface area is 803 Å². The Morgan fingerprint density at radius 2 is 0.684 bits per heavy atom. The third-order valence-electron chi connectivity index (χ3n) is 22.0. The van der Waals surface area contributed by atoms with Crippen LogP contribution in [0.25, 0.3) is 89.7 Å². The monoisotopic (exact) mass is 1830 g/mol. The number of carbonyl (C=O) groups excluding carboxylic acids is 4. The minimum absolute atomic E-state index is 0.0384. The number of carbonyl (C=O) groups is 4. The zero-order valence-electron chi connectivity index (χ0n) is 76.8. The van der Waals surface area contributed by atoms with E-state index in [2.05, 4.69) is 225 Å². The maximum absolute atomic E-state index is 12.2. The number of hydrogen-bond acceptors (Lipinski definition) is 18. The Morgan fingerprint density at radius 1 is 0.353 bits per heavy atom. The maximum atomic E-state index is 12.2. The first-order valence-corrected chi connectivity index (χ1v) is 45.2. The molecule has 0 radical (unpaired) electrons. The Morgan fingerprint density at radius 3 is 1.08 bits per heavy atom. The summed E-state index contributed by atoms with van der Waals surface area (Å²) in [6.45, 7) is 12.6. The Kier molecular flexibility index (Phi) is 33.7. The third kappa shape index (κ3) is 23.8. The van der Waals surface area contributed by atoms with Crippen LogP contribution in [0.5, 0.6) is 11.5 Å². The predicted octanol–water partition coefficient (Wildman–Crippen LogP) is 24.0. The number of rotatable bonds is 21. The van der Waals surface area contributed by atoms with Crippen molar-refractivity contribution in [3.8, 4) is 45.4 Å². The van der Waals surface area contributed by atoms with Crippen molar-refractivity contribution in [1.82, 2.24) is 39.9 Å². The van der Waals surface area contributed by atoms with Gasteiger partial charge in [-0.3, -0.25) is 4.98 Å². The summed E-state index contributed by atoms with van der Waals surface area (Å²) in [5.74, 6) is 3.58. The molecule has 20 nitrogen and oxygen atoms in total. The molecule has 136 heavy (non-hydrogen) atoms. The van der Waals surface area contributed by atoms with E-state index in [1.54, 1.807) is 50.6 Å². The molecule has 2 aliphatic carbocycles. The van der Waals surface area contributed by atoms with Crippen LogP contribution >= 0.6 is 0 Å². The van der Waals surface area contributed by atoms with E-state index in [4.69, 9.17) is 71.6 Å². The molecule has 16 aromatic rings. The van der Waals surface area contributed by atoms with Crippen molar-refractivity contribution >= 4 is 90.7 Å². The molecule has 0 N–H and O–H groups in total. The number of ketones is 2. The van der Waals surface area contributed by atoms with E-state index < -0.39 is 5.41 Å². The van der Waals surface area contributed by atoms with Gasteiger partial charge >= 0.3 is 35.7 Å². The van der Waals surface area contributed by atoms with Crippen LogP contribution in [0.3, 0.4) is 0 Å². The van der Waals surface area contributed by atoms with Crippen molar-refractivity contribution in [3.63, 3.8) is 0 Å². The Bertz CT molecular complexity index is 6830. The molecule has 13 aromatic carbocycles. The van der Waals surface area contributed by atoms with E-state index in [0.717, 1.165) is 81.3 Å². The van der Waals surface area contributed by atoms with Gasteiger partial charge in [-0.25, -0.2) is 14.6 Å². The summed E-state index contributed by atoms with van der Waals surface area (Å²) in [6, 6.07) is 116. The zero-order valence-corrected chi connectivity index (χ0v) is 78.3. The summed E-state index contributed by atoms with van der Waals surface area (Å²) in [6.07, 6.45) is 12.8. The van der Waals surface area contributed by atoms with Gasteiger partial charge in [0.15, 0.2) is 0 Å². The van der Waals surface area contributed by atoms with Crippen LogP contribution in [0.15, 0.2) is 382 Å². The van der Waals surface area contributed by atoms with Gasteiger partial charge in [-0.1, -0.05) is 303 Å². The topological polar surface area (TPSA) is 250 Å². The first-order valence-electron chi connectivity index (χ1n) is 44.5. The van der Waals surface area contributed by atoms with Gasteiger partial charge in [0, 0.05) is 77.3 Å². The number of benzene rings is 13. The zero-order chi connectivity index (χ0) is 95.1. The van der Waals surface area contributed by atoms with Crippen LogP contribution in [0, 0.1) is 0 Å². The average Bonchev–Trinajstić information content (AvgIpc) is 1.54. The van der Waals surface area contributed by atoms with Gasteiger partial charge in [0.05, 0.1) is 53.1 Å². The van der Waals surface area contributed by atoms with Crippen LogP contribution in [0.2, 0.25) is 0 Å². The fourth-order valence-electron chi connectivity index (χ4n) is 16.1. The van der Waals surface area contributed by atoms with Crippen molar-refractivity contribution in [2.45, 2.75) is 58.8 Å². The van der Waals surface area contributed by atoms with Crippen LogP contribution in [-0.4, -0.2) is 107 Å². The van der Waals surface area contributed by atoms with E-state index in [-0.39, 0.29) is 48.6 Å². The molecule has 0 saturated heterocycles. The van der Waals surface area contributed by atoms with Gasteiger partial charge in [-0.15, -0.1) is 0 Å². The SMILES string of the molecule is C1=CC2c3nc(nc4[n-]c(nc5nc(nc6[n-]c(n3)c3ccccc63)-c3ccccc3-5)c3ccccc43)C2C=C1.CC(C)=CN(c1ccccc1)c1ccc(C=C(c2ccccc2)c2ccccc2)cc1.CC(C)=O.CC(C)=O.COCCOC(=O)c1ccccc1.COCCOc1ccc(C2(c3ccc(OCCOC(=O)c4ccccc4)cc3)c3ccccc3-c3ccccc32)cc1.[O]=[Ti+2]. The third-order valence-corrected chi connectivity index (χ3v) is 22.0. The molecule has 8 bridgehead atoms. The van der Waals surface area contributed by atoms with Crippen LogP contribution in [0.4, 0.5) is 11.4 Å². The number of anilines is 2. The van der Waals surface area contributed by atoms with Gasteiger partial charge in [-0.2, -0.15) is 0 Å². The fourth-order valence-corrected chi connectivity index (χ4v) is 16.1. The van der Waals surface area contributed by atoms with Crippen molar-refractivity contribution in [3.05, 3.63) is 444 Å². The fraction of sp³-hybridized carbons (Fsp3) is 0.148. The molecule has 0 amide bonds. The molecular weight excluding hydrogens is 1730 g/mol. The minimum atomic E-state index is -0.512. The second-order valence-electron chi connectivity index (χ2n) is 32.2. The number of Topliss-reactive ketones (excluding diaryl/α,β-unsaturated/α-hetero) is 2. The molecule has 2 unspecified atom stereocenters. The van der Waals surface area contributed by atoms with Crippen molar-refractivity contribution in [1.29, 1.82) is 0 Å². The standard InChI is InChI=1S/C37H32O5.C32H18N8.C30H27N.C10H12O3.2C3H6O.O.Ti/c1-39-23-24-40-30-19-15-28(16-20-30)37(34-13-7-5-11-32(34)33-12-6-8-14-35(33)37)29-17-21-31(22-18-29)41-25-26-42-36(38)27-9-3-2-4-10-27;1-2-10-18-17(9-1)25-33-26(18)38-28-21-13-5-6-14-22(21)30(35-28)40-32-24-16-8-7-15-23(24)31(36-32)39-29-20-12-4-3-11-19(20)27(34-29)37-25;1-24(2)23-31(28-16-10-5-11-17-28)29-20-18-25(19-21-29)22-30(26-12-6-3-7-13-26)27-14-8-4-9-15-27;1-12-7-8-13-10(11)9-5-3-2-4-6-9;2*1-3(2)4;;/h2-22H,23-26H2,1H3;1-18H;3-23H,1-2H3;2-6H,7-8H2,1H3;2*1-2H3;;/q;-2;;;;;;+2. The second kappa shape index (κ2) is 47.6. The summed E-state index contributed by atoms with van der Waals surface area (Å²) in [4.78, 5) is 84.1. The van der Waals surface area contributed by atoms with Gasteiger partial charge < -0.3 is 72.8 Å². The Hall–Kier alpha value is -15.7. The van der Waals surface area contributed by atoms with Gasteiger partial charge in [0.2, 0.25) is 0 Å². The van der Waals surface area contributed by atoms with Crippen molar-refractivity contribution in [2.24, 2.45) is 0 Å². The van der Waals surface area contributed by atoms with Gasteiger partial charge in [0.25, 0.3) is 0 Å². The molecule has 2 atom stereocenters. The molecule has 676 valence electrons. The molecule has 3 aromatic heterocycles. The first-order chi connectivity index (χ1) is 66.5. The molecule has 0 fully saturated rings. The normalized spacial score (nSPS) is 12.7. The number of ether oxygens (including phenoxy) is 6. The predicted molar refractivity (Wildman–Crippen MR) is 533 cm³/mol. The summed E-state index contributed by atoms with van der Waals surface area (Å²) in [5, 5.41) is 3.65. The summed E-state index contributed by atoms with van der Waals surface area (Å²) in [7, 11) is 3.23. The number of para-hydroxylation sites is 1. The number of esters is 2. The number of nitrogens with zero attached hydrogens (tertiary/aromatic N) is 9. The molecular formula is C115H101N9O11Ti. The number of hydrogen-bond donors (Lipinski definition) is 0. The van der Waals surface area contributed by atoms with Crippen molar-refractivity contribution in [2.75, 3.05) is 58.8 Å². The van der Waals surface area contributed by atoms with E-state index in [9.17, 15) is 19.2 Å². The quantitative estimate of drug-likeness (QED) is 0.0280. The summed E-state index contributed by atoms with van der Waals surface area (Å²) in [5.41, 5.74) is 20.3. The molecule has 0 saturated carbocycles. The van der Waals surface area contributed by atoms with Crippen molar-refractivity contribution < 1.29 is 71.3 Å². The molecule has 2 aliphatic heterocycles. The van der Waals surface area contributed by atoms with E-state index in [1.807, 2.05) is 140 Å². The molecule has 5 heterocycles. The second-order valence-corrected chi connectivity index (χ2v) is 32.2. The van der Waals surface area contributed by atoms with Crippen LogP contribution in [-0.2, 0) is 57.7 Å². The number of aromatic nitrogens is 8. The number of allylic oxidation sites excluding steroid dienone is 5. The van der Waals surface area contributed by atoms with E-state index in [1.165, 1.54) is 77.8 Å². The van der Waals surface area contributed by atoms with Gasteiger partial charge in [-0.05, 0) is 198 Å². The van der Waals surface area contributed by atoms with Crippen LogP contribution in [0.1, 0.15) is 125 Å². The number of fused-ring (bicyclic) bond motifs is 23. The van der Waals surface area contributed by atoms with E-state index >= 15 is 0 Å². The molecule has 21 heteroatoms. The molecule has 20 rings (SSSR count). The van der Waals surface area contributed by atoms with E-state index in [0.29, 0.717) is 89.2 Å². The Balaban J connectivity index is 0.000000147. The first kappa shape index (κ1) is 96.4.